The van der Waals surface area contributed by atoms with E-state index in [2.05, 4.69) is 0 Å². The minimum atomic E-state index is -0.675. The van der Waals surface area contributed by atoms with Gasteiger partial charge in [0.15, 0.2) is 23.0 Å². The Morgan fingerprint density at radius 3 is 1.73 bits per heavy atom. The molecule has 1 heterocycles. The second-order valence-corrected chi connectivity index (χ2v) is 8.23. The van der Waals surface area contributed by atoms with E-state index in [4.69, 9.17) is 47.7 Å². The lowest BCUT2D eigenvalue weighted by atomic mass is 10.0. The first-order valence-electron chi connectivity index (χ1n) is 12.9. The Morgan fingerprint density at radius 2 is 1.15 bits per heavy atom. The molecule has 0 bridgehead atoms. The van der Waals surface area contributed by atoms with Crippen molar-refractivity contribution in [2.45, 2.75) is 0 Å². The molecule has 0 fully saturated rings. The van der Waals surface area contributed by atoms with Gasteiger partial charge in [0.2, 0.25) is 18.4 Å². The van der Waals surface area contributed by atoms with Gasteiger partial charge in [0.1, 0.15) is 6.61 Å². The summed E-state index contributed by atoms with van der Waals surface area (Å²) >= 11 is 0. The van der Waals surface area contributed by atoms with Gasteiger partial charge in [-0.15, -0.1) is 0 Å². The number of methoxy groups -OCH3 is 1. The summed E-state index contributed by atoms with van der Waals surface area (Å²) in [6.45, 7) is 4.53. The van der Waals surface area contributed by atoms with E-state index in [1.54, 1.807) is 12.1 Å². The summed E-state index contributed by atoms with van der Waals surface area (Å²) in [5.41, 5.74) is 0.394. The minimum Gasteiger partial charge on any atom is -0.493 e. The highest BCUT2D eigenvalue weighted by molar-refractivity contribution is 6.49. The molecule has 1 N–H and O–H groups in total. The third-order valence-electron chi connectivity index (χ3n) is 5.48. The molecule has 3 rings (SSSR count). The lowest BCUT2D eigenvalue weighted by molar-refractivity contribution is -0.0147. The normalized spacial score (nSPS) is 11.9. The Labute approximate surface area is 232 Å². The van der Waals surface area contributed by atoms with Crippen molar-refractivity contribution >= 4 is 11.6 Å². The number of hydrogen-bond donors (Lipinski definition) is 1. The van der Waals surface area contributed by atoms with Gasteiger partial charge in [0.25, 0.3) is 0 Å². The topological polar surface area (TPSA) is 137 Å². The maximum absolute atomic E-state index is 12.8. The number of Topliss-reactive ketones (excluding diaryl/α,β-unsaturated/α-hetero) is 2. The number of fused-ring (bicyclic) bond motifs is 1. The summed E-state index contributed by atoms with van der Waals surface area (Å²) in [4.78, 5) is 25.5. The van der Waals surface area contributed by atoms with Crippen LogP contribution in [0.15, 0.2) is 36.4 Å². The number of carbonyl (C=O) groups excluding carboxylic acids is 2. The molecular formula is C28H36O12. The molecule has 2 aromatic carbocycles. The Balaban J connectivity index is 1.26. The van der Waals surface area contributed by atoms with E-state index in [9.17, 15) is 9.59 Å². The van der Waals surface area contributed by atoms with E-state index in [1.165, 1.54) is 31.4 Å². The van der Waals surface area contributed by atoms with E-state index in [1.807, 2.05) is 0 Å². The number of rotatable bonds is 22. The van der Waals surface area contributed by atoms with Crippen molar-refractivity contribution in [3.63, 3.8) is 0 Å². The van der Waals surface area contributed by atoms with Gasteiger partial charge in [-0.1, -0.05) is 0 Å². The van der Waals surface area contributed by atoms with E-state index < -0.39 is 11.6 Å². The SMILES string of the molecule is COc1cc(C(=O)C(=O)c2ccc3c(c2)OCO3)ccc1OCCOCCOCCOCCOCCOCCO. The summed E-state index contributed by atoms with van der Waals surface area (Å²) < 4.78 is 48.3. The highest BCUT2D eigenvalue weighted by Gasteiger charge is 2.23. The predicted molar refractivity (Wildman–Crippen MR) is 141 cm³/mol. The van der Waals surface area contributed by atoms with Crippen molar-refractivity contribution in [2.24, 2.45) is 0 Å². The highest BCUT2D eigenvalue weighted by Crippen LogP contribution is 2.33. The molecule has 0 atom stereocenters. The zero-order chi connectivity index (χ0) is 28.4. The average molecular weight is 565 g/mol. The first-order valence-corrected chi connectivity index (χ1v) is 12.9. The maximum Gasteiger partial charge on any atom is 0.233 e. The molecular weight excluding hydrogens is 528 g/mol. The van der Waals surface area contributed by atoms with Crippen molar-refractivity contribution in [3.05, 3.63) is 47.5 Å². The van der Waals surface area contributed by atoms with Gasteiger partial charge in [0.05, 0.1) is 79.8 Å². The third kappa shape index (κ3) is 10.4. The number of aliphatic hydroxyl groups is 1. The molecule has 0 radical (unpaired) electrons. The van der Waals surface area contributed by atoms with Crippen molar-refractivity contribution in [1.29, 1.82) is 0 Å². The first-order chi connectivity index (χ1) is 19.6. The van der Waals surface area contributed by atoms with Gasteiger partial charge in [-0.3, -0.25) is 9.59 Å². The fourth-order valence-corrected chi connectivity index (χ4v) is 3.48. The van der Waals surface area contributed by atoms with Crippen LogP contribution in [0.1, 0.15) is 20.7 Å². The van der Waals surface area contributed by atoms with Gasteiger partial charge in [-0.25, -0.2) is 0 Å². The van der Waals surface area contributed by atoms with Gasteiger partial charge >= 0.3 is 0 Å². The quantitative estimate of drug-likeness (QED) is 0.127. The zero-order valence-corrected chi connectivity index (χ0v) is 22.6. The Bertz CT molecular complexity index is 1060. The van der Waals surface area contributed by atoms with Crippen LogP contribution in [0.4, 0.5) is 0 Å². The maximum atomic E-state index is 12.8. The monoisotopic (exact) mass is 564 g/mol. The lowest BCUT2D eigenvalue weighted by Gasteiger charge is -2.12. The van der Waals surface area contributed by atoms with Crippen LogP contribution in [0.3, 0.4) is 0 Å². The molecule has 0 aliphatic carbocycles. The largest absolute Gasteiger partial charge is 0.493 e. The second kappa shape index (κ2) is 18.2. The van der Waals surface area contributed by atoms with Crippen LogP contribution >= 0.6 is 0 Å². The zero-order valence-electron chi connectivity index (χ0n) is 22.6. The van der Waals surface area contributed by atoms with Crippen LogP contribution in [0.25, 0.3) is 0 Å². The molecule has 12 nitrogen and oxygen atoms in total. The Kier molecular flexibility index (Phi) is 14.2. The standard InChI is InChI=1S/C28H36O12/c1-32-25-18-21(27(30)28(31)22-3-5-24-26(19-22)40-20-39-24)2-4-23(25)38-17-16-37-15-14-36-13-12-35-11-10-34-9-8-33-7-6-29/h2-5,18-19,29H,6-17,20H2,1H3. The number of hydrogen-bond acceptors (Lipinski definition) is 12. The van der Waals surface area contributed by atoms with Crippen LogP contribution in [0, 0.1) is 0 Å². The van der Waals surface area contributed by atoms with Crippen LogP contribution in [-0.4, -0.2) is 110 Å². The molecule has 40 heavy (non-hydrogen) atoms. The lowest BCUT2D eigenvalue weighted by Crippen LogP contribution is -2.15. The van der Waals surface area contributed by atoms with Crippen LogP contribution in [-0.2, 0) is 23.7 Å². The number of carbonyl (C=O) groups is 2. The van der Waals surface area contributed by atoms with E-state index >= 15 is 0 Å². The molecule has 0 spiro atoms. The van der Waals surface area contributed by atoms with E-state index in [-0.39, 0.29) is 31.1 Å². The molecule has 1 aliphatic rings. The van der Waals surface area contributed by atoms with E-state index in [0.717, 1.165) is 0 Å². The minimum absolute atomic E-state index is 0.00652. The van der Waals surface area contributed by atoms with Crippen LogP contribution in [0.5, 0.6) is 23.0 Å². The molecule has 220 valence electrons. The number of benzene rings is 2. The smallest absolute Gasteiger partial charge is 0.233 e. The number of ether oxygens (including phenoxy) is 9. The molecule has 2 aromatic rings. The molecule has 0 unspecified atom stereocenters. The summed E-state index contributed by atoms with van der Waals surface area (Å²) in [7, 11) is 1.46. The average Bonchev–Trinajstić information content (AvgIpc) is 3.46. The molecule has 0 aromatic heterocycles. The van der Waals surface area contributed by atoms with Crippen molar-refractivity contribution in [1.82, 2.24) is 0 Å². The Hall–Kier alpha value is -3.26. The van der Waals surface area contributed by atoms with Gasteiger partial charge in [-0.05, 0) is 36.4 Å². The molecule has 0 saturated heterocycles. The number of aliphatic hydroxyl groups excluding tert-OH is 1. The number of ketones is 2. The first kappa shape index (κ1) is 31.3. The Morgan fingerprint density at radius 1 is 0.650 bits per heavy atom. The summed E-state index contributed by atoms with van der Waals surface area (Å²) in [5, 5.41) is 8.58. The van der Waals surface area contributed by atoms with Gasteiger partial charge < -0.3 is 47.7 Å². The summed E-state index contributed by atoms with van der Waals surface area (Å²) in [6.07, 6.45) is 0. The van der Waals surface area contributed by atoms with Gasteiger partial charge in [-0.2, -0.15) is 0 Å². The molecule has 0 amide bonds. The molecule has 1 aliphatic heterocycles. The fourth-order valence-electron chi connectivity index (χ4n) is 3.48. The van der Waals surface area contributed by atoms with E-state index in [0.29, 0.717) is 89.1 Å². The second-order valence-electron chi connectivity index (χ2n) is 8.23. The molecule has 12 heteroatoms. The third-order valence-corrected chi connectivity index (χ3v) is 5.48. The van der Waals surface area contributed by atoms with Crippen LogP contribution < -0.4 is 18.9 Å². The van der Waals surface area contributed by atoms with Gasteiger partial charge in [0, 0.05) is 11.1 Å². The van der Waals surface area contributed by atoms with Crippen LogP contribution in [0.2, 0.25) is 0 Å². The van der Waals surface area contributed by atoms with Crippen molar-refractivity contribution in [2.75, 3.05) is 93.2 Å². The summed E-state index contributed by atoms with van der Waals surface area (Å²) in [6, 6.07) is 9.19. The molecule has 0 saturated carbocycles. The fraction of sp³-hybridized carbons (Fsp3) is 0.500. The summed E-state index contributed by atoms with van der Waals surface area (Å²) in [5.74, 6) is 0.373. The highest BCUT2D eigenvalue weighted by atomic mass is 16.7. The van der Waals surface area contributed by atoms with Crippen molar-refractivity contribution in [3.8, 4) is 23.0 Å². The van der Waals surface area contributed by atoms with Crippen molar-refractivity contribution < 1.29 is 57.3 Å². The predicted octanol–water partition coefficient (Wildman–Crippen LogP) is 1.94.